The Labute approximate surface area is 138 Å². The van der Waals surface area contributed by atoms with Crippen LogP contribution in [-0.4, -0.2) is 34.8 Å². The highest BCUT2D eigenvalue weighted by atomic mass is 16.3. The van der Waals surface area contributed by atoms with Gasteiger partial charge >= 0.3 is 0 Å². The number of hydrogen-bond donors (Lipinski definition) is 1. The van der Waals surface area contributed by atoms with E-state index in [-0.39, 0.29) is 17.5 Å². The standard InChI is InChI=1S/C17H29N3O3/c1-4-7-8-9-16(21)20(11-6-3)12-15-19-14(13-23-15)17(22)18-10-5-2/h13H,4-12H2,1-3H3,(H,18,22). The van der Waals surface area contributed by atoms with Gasteiger partial charge in [-0.1, -0.05) is 33.6 Å². The van der Waals surface area contributed by atoms with Crippen LogP contribution in [0.15, 0.2) is 10.7 Å². The monoisotopic (exact) mass is 323 g/mol. The molecule has 0 saturated carbocycles. The fraction of sp³-hybridized carbons (Fsp3) is 0.706. The van der Waals surface area contributed by atoms with Crippen LogP contribution in [0.4, 0.5) is 0 Å². The van der Waals surface area contributed by atoms with Crippen molar-refractivity contribution < 1.29 is 14.0 Å². The Morgan fingerprint density at radius 2 is 1.96 bits per heavy atom. The summed E-state index contributed by atoms with van der Waals surface area (Å²) in [4.78, 5) is 30.0. The zero-order chi connectivity index (χ0) is 17.1. The number of rotatable bonds is 11. The van der Waals surface area contributed by atoms with E-state index < -0.39 is 0 Å². The van der Waals surface area contributed by atoms with Crippen LogP contribution in [0.2, 0.25) is 0 Å². The SMILES string of the molecule is CCCCCC(=O)N(CCC)Cc1nc(C(=O)NCCC)co1. The molecule has 0 aliphatic rings. The molecule has 6 heteroatoms. The summed E-state index contributed by atoms with van der Waals surface area (Å²) in [6.45, 7) is 7.74. The molecule has 0 aliphatic heterocycles. The summed E-state index contributed by atoms with van der Waals surface area (Å²) in [5.41, 5.74) is 0.267. The van der Waals surface area contributed by atoms with Gasteiger partial charge in [-0.15, -0.1) is 0 Å². The van der Waals surface area contributed by atoms with Gasteiger partial charge in [0.15, 0.2) is 5.69 Å². The van der Waals surface area contributed by atoms with E-state index in [1.807, 2.05) is 13.8 Å². The van der Waals surface area contributed by atoms with Crippen molar-refractivity contribution in [1.29, 1.82) is 0 Å². The van der Waals surface area contributed by atoms with Crippen molar-refractivity contribution in [1.82, 2.24) is 15.2 Å². The van der Waals surface area contributed by atoms with Gasteiger partial charge in [-0.25, -0.2) is 4.98 Å². The number of carbonyl (C=O) groups excluding carboxylic acids is 2. The Morgan fingerprint density at radius 3 is 2.61 bits per heavy atom. The minimum Gasteiger partial charge on any atom is -0.446 e. The molecule has 0 bridgehead atoms. The summed E-state index contributed by atoms with van der Waals surface area (Å²) in [6, 6.07) is 0. The quantitative estimate of drug-likeness (QED) is 0.635. The van der Waals surface area contributed by atoms with Crippen molar-refractivity contribution in [2.24, 2.45) is 0 Å². The second kappa shape index (κ2) is 10.8. The fourth-order valence-electron chi connectivity index (χ4n) is 2.23. The predicted octanol–water partition coefficient (Wildman–Crippen LogP) is 3.13. The van der Waals surface area contributed by atoms with Crippen molar-refractivity contribution in [3.63, 3.8) is 0 Å². The van der Waals surface area contributed by atoms with Crippen LogP contribution in [0.5, 0.6) is 0 Å². The number of hydrogen-bond acceptors (Lipinski definition) is 4. The van der Waals surface area contributed by atoms with Crippen molar-refractivity contribution in [3.8, 4) is 0 Å². The Balaban J connectivity index is 2.60. The highest BCUT2D eigenvalue weighted by Crippen LogP contribution is 2.10. The number of carbonyl (C=O) groups is 2. The zero-order valence-corrected chi connectivity index (χ0v) is 14.6. The van der Waals surface area contributed by atoms with Gasteiger partial charge in [0, 0.05) is 19.5 Å². The van der Waals surface area contributed by atoms with Gasteiger partial charge in [0.1, 0.15) is 6.26 Å². The summed E-state index contributed by atoms with van der Waals surface area (Å²) in [7, 11) is 0. The number of aromatic nitrogens is 1. The van der Waals surface area contributed by atoms with Crippen LogP contribution >= 0.6 is 0 Å². The first-order chi connectivity index (χ1) is 11.1. The maximum atomic E-state index is 12.3. The van der Waals surface area contributed by atoms with Crippen LogP contribution in [0, 0.1) is 0 Å². The summed E-state index contributed by atoms with van der Waals surface area (Å²) in [6.07, 6.45) is 6.72. The lowest BCUT2D eigenvalue weighted by molar-refractivity contribution is -0.132. The Bertz CT molecular complexity index is 485. The molecule has 0 atom stereocenters. The number of nitrogens with one attached hydrogen (secondary N) is 1. The van der Waals surface area contributed by atoms with Crippen LogP contribution in [0.25, 0.3) is 0 Å². The molecule has 130 valence electrons. The van der Waals surface area contributed by atoms with Gasteiger partial charge in [0.25, 0.3) is 5.91 Å². The molecule has 0 saturated heterocycles. The molecule has 1 rings (SSSR count). The van der Waals surface area contributed by atoms with Crippen molar-refractivity contribution >= 4 is 11.8 Å². The molecular weight excluding hydrogens is 294 g/mol. The second-order valence-corrected chi connectivity index (χ2v) is 5.65. The third-order valence-electron chi connectivity index (χ3n) is 3.49. The Morgan fingerprint density at radius 1 is 1.17 bits per heavy atom. The first-order valence-corrected chi connectivity index (χ1v) is 8.62. The van der Waals surface area contributed by atoms with E-state index in [1.54, 1.807) is 4.90 Å². The van der Waals surface area contributed by atoms with Gasteiger partial charge in [0.2, 0.25) is 11.8 Å². The summed E-state index contributed by atoms with van der Waals surface area (Å²) in [5, 5.41) is 2.76. The molecule has 0 spiro atoms. The first-order valence-electron chi connectivity index (χ1n) is 8.62. The number of amides is 2. The number of unbranched alkanes of at least 4 members (excludes halogenated alkanes) is 2. The molecule has 1 N–H and O–H groups in total. The van der Waals surface area contributed by atoms with E-state index in [2.05, 4.69) is 17.2 Å². The molecule has 6 nitrogen and oxygen atoms in total. The molecule has 1 heterocycles. The van der Waals surface area contributed by atoms with Gasteiger partial charge in [-0.3, -0.25) is 9.59 Å². The van der Waals surface area contributed by atoms with Crippen molar-refractivity contribution in [2.45, 2.75) is 65.8 Å². The molecule has 0 aromatic carbocycles. The van der Waals surface area contributed by atoms with E-state index in [1.165, 1.54) is 6.26 Å². The normalized spacial score (nSPS) is 10.6. The van der Waals surface area contributed by atoms with Crippen LogP contribution in [0.3, 0.4) is 0 Å². The molecule has 0 unspecified atom stereocenters. The largest absolute Gasteiger partial charge is 0.446 e. The first kappa shape index (κ1) is 19.2. The van der Waals surface area contributed by atoms with Gasteiger partial charge in [-0.2, -0.15) is 0 Å². The minimum atomic E-state index is -0.238. The highest BCUT2D eigenvalue weighted by molar-refractivity contribution is 5.91. The second-order valence-electron chi connectivity index (χ2n) is 5.65. The predicted molar refractivity (Wildman–Crippen MR) is 89.0 cm³/mol. The maximum Gasteiger partial charge on any atom is 0.273 e. The third kappa shape index (κ3) is 6.84. The van der Waals surface area contributed by atoms with Crippen LogP contribution in [-0.2, 0) is 11.3 Å². The maximum absolute atomic E-state index is 12.3. The topological polar surface area (TPSA) is 75.4 Å². The molecular formula is C17H29N3O3. The smallest absolute Gasteiger partial charge is 0.273 e. The molecule has 23 heavy (non-hydrogen) atoms. The fourth-order valence-corrected chi connectivity index (χ4v) is 2.23. The number of oxazole rings is 1. The summed E-state index contributed by atoms with van der Waals surface area (Å²) in [5.74, 6) is 0.289. The minimum absolute atomic E-state index is 0.121. The van der Waals surface area contributed by atoms with Gasteiger partial charge in [-0.05, 0) is 19.3 Å². The van der Waals surface area contributed by atoms with Crippen molar-refractivity contribution in [3.05, 3.63) is 17.8 Å². The average molecular weight is 323 g/mol. The van der Waals surface area contributed by atoms with E-state index in [9.17, 15) is 9.59 Å². The zero-order valence-electron chi connectivity index (χ0n) is 14.6. The number of nitrogens with zero attached hydrogens (tertiary/aromatic N) is 2. The van der Waals surface area contributed by atoms with E-state index in [0.717, 1.165) is 32.1 Å². The summed E-state index contributed by atoms with van der Waals surface area (Å²) >= 11 is 0. The molecule has 1 aromatic rings. The molecule has 1 aromatic heterocycles. The lowest BCUT2D eigenvalue weighted by atomic mass is 10.2. The molecule has 0 radical (unpaired) electrons. The Hall–Kier alpha value is -1.85. The van der Waals surface area contributed by atoms with E-state index in [0.29, 0.717) is 31.9 Å². The lowest BCUT2D eigenvalue weighted by Gasteiger charge is -2.20. The molecule has 0 fully saturated rings. The average Bonchev–Trinajstić information content (AvgIpc) is 3.01. The van der Waals surface area contributed by atoms with Crippen LogP contribution < -0.4 is 5.32 Å². The highest BCUT2D eigenvalue weighted by Gasteiger charge is 2.17. The van der Waals surface area contributed by atoms with Crippen LogP contribution in [0.1, 0.15) is 75.7 Å². The molecule has 0 aliphatic carbocycles. The lowest BCUT2D eigenvalue weighted by Crippen LogP contribution is -2.31. The molecule has 2 amide bonds. The van der Waals surface area contributed by atoms with Crippen molar-refractivity contribution in [2.75, 3.05) is 13.1 Å². The third-order valence-corrected chi connectivity index (χ3v) is 3.49. The van der Waals surface area contributed by atoms with Gasteiger partial charge < -0.3 is 14.6 Å². The Kier molecular flexibility index (Phi) is 9.02. The van der Waals surface area contributed by atoms with E-state index >= 15 is 0 Å². The van der Waals surface area contributed by atoms with Gasteiger partial charge in [0.05, 0.1) is 6.54 Å². The van der Waals surface area contributed by atoms with E-state index in [4.69, 9.17) is 4.42 Å². The summed E-state index contributed by atoms with van der Waals surface area (Å²) < 4.78 is 5.35.